The summed E-state index contributed by atoms with van der Waals surface area (Å²) in [6.07, 6.45) is 7.33. The number of rotatable bonds is 4. The summed E-state index contributed by atoms with van der Waals surface area (Å²) in [4.78, 5) is 20.0. The number of carbonyl (C=O) groups excluding carboxylic acids is 1. The third-order valence-corrected chi connectivity index (χ3v) is 7.09. The Kier molecular flexibility index (Phi) is 5.61. The van der Waals surface area contributed by atoms with Gasteiger partial charge >= 0.3 is 0 Å². The molecule has 3 aliphatic rings. The van der Waals surface area contributed by atoms with Crippen molar-refractivity contribution in [2.75, 3.05) is 19.8 Å². The highest BCUT2D eigenvalue weighted by molar-refractivity contribution is 5.83. The van der Waals surface area contributed by atoms with Crippen molar-refractivity contribution in [3.63, 3.8) is 0 Å². The summed E-state index contributed by atoms with van der Waals surface area (Å²) in [7, 11) is 0. The molecule has 2 atom stereocenters. The number of nitrogens with one attached hydrogen (secondary N) is 1. The summed E-state index contributed by atoms with van der Waals surface area (Å²) < 4.78 is 5.47. The molecule has 1 saturated heterocycles. The molecular formula is C22H33N3O3. The van der Waals surface area contributed by atoms with Gasteiger partial charge in [-0.1, -0.05) is 13.8 Å². The molecule has 0 bridgehead atoms. The Morgan fingerprint density at radius 3 is 2.86 bits per heavy atom. The van der Waals surface area contributed by atoms with Crippen LogP contribution in [0.1, 0.15) is 57.2 Å². The van der Waals surface area contributed by atoms with E-state index in [0.717, 1.165) is 69.5 Å². The van der Waals surface area contributed by atoms with E-state index in [2.05, 4.69) is 24.1 Å². The molecule has 6 nitrogen and oxygen atoms in total. The van der Waals surface area contributed by atoms with Crippen LogP contribution in [0.3, 0.4) is 0 Å². The van der Waals surface area contributed by atoms with Gasteiger partial charge in [-0.25, -0.2) is 0 Å². The van der Waals surface area contributed by atoms with Crippen LogP contribution in [-0.2, 0) is 22.5 Å². The van der Waals surface area contributed by atoms with E-state index in [1.54, 1.807) is 6.07 Å². The summed E-state index contributed by atoms with van der Waals surface area (Å²) in [5.41, 5.74) is 1.70. The average molecular weight is 388 g/mol. The van der Waals surface area contributed by atoms with Gasteiger partial charge in [0.25, 0.3) is 0 Å². The van der Waals surface area contributed by atoms with Gasteiger partial charge in [-0.05, 0) is 49.7 Å². The van der Waals surface area contributed by atoms with E-state index in [4.69, 9.17) is 4.74 Å². The van der Waals surface area contributed by atoms with Crippen LogP contribution in [0.15, 0.2) is 12.3 Å². The molecule has 4 rings (SSSR count). The molecular weight excluding hydrogens is 354 g/mol. The molecule has 1 aromatic heterocycles. The molecule has 1 saturated carbocycles. The molecule has 2 N–H and O–H groups in total. The zero-order valence-electron chi connectivity index (χ0n) is 17.1. The number of hydrogen-bond donors (Lipinski definition) is 2. The highest BCUT2D eigenvalue weighted by Gasteiger charge is 2.49. The van der Waals surface area contributed by atoms with E-state index in [0.29, 0.717) is 24.5 Å². The third-order valence-electron chi connectivity index (χ3n) is 7.09. The number of fused-ring (bicyclic) bond motifs is 1. The van der Waals surface area contributed by atoms with Crippen LogP contribution in [-0.4, -0.2) is 52.7 Å². The van der Waals surface area contributed by atoms with E-state index < -0.39 is 0 Å². The van der Waals surface area contributed by atoms with Crippen LogP contribution in [0.4, 0.5) is 0 Å². The minimum atomic E-state index is -0.287. The van der Waals surface area contributed by atoms with Crippen molar-refractivity contribution in [3.05, 3.63) is 23.5 Å². The normalized spacial score (nSPS) is 28.5. The Balaban J connectivity index is 1.46. The highest BCUT2D eigenvalue weighted by atomic mass is 16.5. The minimum Gasteiger partial charge on any atom is -0.506 e. The fourth-order valence-corrected chi connectivity index (χ4v) is 5.28. The zero-order chi connectivity index (χ0) is 19.7. The predicted octanol–water partition coefficient (Wildman–Crippen LogP) is 2.64. The lowest BCUT2D eigenvalue weighted by atomic mass is 9.74. The van der Waals surface area contributed by atoms with Crippen LogP contribution >= 0.6 is 0 Å². The van der Waals surface area contributed by atoms with Crippen LogP contribution in [0.2, 0.25) is 0 Å². The fourth-order valence-electron chi connectivity index (χ4n) is 5.28. The van der Waals surface area contributed by atoms with Crippen molar-refractivity contribution in [2.24, 2.45) is 11.3 Å². The molecule has 2 aliphatic heterocycles. The molecule has 6 heteroatoms. The highest BCUT2D eigenvalue weighted by Crippen LogP contribution is 2.46. The standard InChI is InChI=1S/C22H33N3O3/c1-15(2)22(7-3-18(12-22)24-17-5-9-28-10-6-17)21(27)25-8-4-20-16(14-25)11-19(26)13-23-20/h11,13,15,17-18,24,26H,3-10,12,14H2,1-2H3/t18-,22+/m1/s1. The van der Waals surface area contributed by atoms with E-state index in [-0.39, 0.29) is 17.1 Å². The largest absolute Gasteiger partial charge is 0.506 e. The zero-order valence-corrected chi connectivity index (χ0v) is 17.1. The number of carbonyl (C=O) groups is 1. The quantitative estimate of drug-likeness (QED) is 0.831. The predicted molar refractivity (Wildman–Crippen MR) is 107 cm³/mol. The van der Waals surface area contributed by atoms with Crippen molar-refractivity contribution in [3.8, 4) is 5.75 Å². The molecule has 28 heavy (non-hydrogen) atoms. The SMILES string of the molecule is CC(C)[C@]1(C(=O)N2CCc3ncc(O)cc3C2)CC[C@@H](NC2CCOCC2)C1. The number of pyridine rings is 1. The number of nitrogens with zero attached hydrogens (tertiary/aromatic N) is 2. The van der Waals surface area contributed by atoms with E-state index in [1.165, 1.54) is 6.20 Å². The van der Waals surface area contributed by atoms with Crippen LogP contribution in [0.5, 0.6) is 5.75 Å². The molecule has 2 fully saturated rings. The first kappa shape index (κ1) is 19.6. The Labute approximate surface area is 167 Å². The topological polar surface area (TPSA) is 74.7 Å². The van der Waals surface area contributed by atoms with Gasteiger partial charge < -0.3 is 20.1 Å². The van der Waals surface area contributed by atoms with E-state index >= 15 is 0 Å². The Morgan fingerprint density at radius 2 is 2.11 bits per heavy atom. The van der Waals surface area contributed by atoms with Crippen molar-refractivity contribution >= 4 is 5.91 Å². The van der Waals surface area contributed by atoms with Crippen molar-refractivity contribution in [1.82, 2.24) is 15.2 Å². The first-order valence-electron chi connectivity index (χ1n) is 10.8. The van der Waals surface area contributed by atoms with Gasteiger partial charge in [0, 0.05) is 50.5 Å². The monoisotopic (exact) mass is 387 g/mol. The van der Waals surface area contributed by atoms with Crippen molar-refractivity contribution in [1.29, 1.82) is 0 Å². The van der Waals surface area contributed by atoms with E-state index in [9.17, 15) is 9.90 Å². The van der Waals surface area contributed by atoms with Gasteiger partial charge in [0.1, 0.15) is 5.75 Å². The van der Waals surface area contributed by atoms with Crippen LogP contribution in [0, 0.1) is 11.3 Å². The second kappa shape index (κ2) is 7.99. The summed E-state index contributed by atoms with van der Waals surface area (Å²) in [5.74, 6) is 0.770. The lowest BCUT2D eigenvalue weighted by Gasteiger charge is -2.39. The third kappa shape index (κ3) is 3.77. The second-order valence-corrected chi connectivity index (χ2v) is 9.08. The maximum Gasteiger partial charge on any atom is 0.229 e. The Bertz CT molecular complexity index is 717. The number of ether oxygens (including phenoxy) is 1. The van der Waals surface area contributed by atoms with Crippen LogP contribution < -0.4 is 5.32 Å². The summed E-state index contributed by atoms with van der Waals surface area (Å²) in [6, 6.07) is 2.69. The van der Waals surface area contributed by atoms with Gasteiger partial charge in [-0.15, -0.1) is 0 Å². The first-order chi connectivity index (χ1) is 13.5. The molecule has 0 spiro atoms. The number of amides is 1. The molecule has 1 amide bonds. The molecule has 1 aromatic rings. The Morgan fingerprint density at radius 1 is 1.32 bits per heavy atom. The lowest BCUT2D eigenvalue weighted by molar-refractivity contribution is -0.146. The second-order valence-electron chi connectivity index (χ2n) is 9.08. The van der Waals surface area contributed by atoms with E-state index in [1.807, 2.05) is 4.90 Å². The average Bonchev–Trinajstić information content (AvgIpc) is 3.13. The minimum absolute atomic E-state index is 0.174. The van der Waals surface area contributed by atoms with Crippen LogP contribution in [0.25, 0.3) is 0 Å². The van der Waals surface area contributed by atoms with Gasteiger partial charge in [-0.2, -0.15) is 0 Å². The Hall–Kier alpha value is -1.66. The molecule has 154 valence electrons. The maximum absolute atomic E-state index is 13.7. The number of aromatic hydroxyl groups is 1. The van der Waals surface area contributed by atoms with Gasteiger partial charge in [-0.3, -0.25) is 9.78 Å². The maximum atomic E-state index is 13.7. The van der Waals surface area contributed by atoms with Crippen molar-refractivity contribution < 1.29 is 14.6 Å². The molecule has 0 radical (unpaired) electrons. The van der Waals surface area contributed by atoms with Gasteiger partial charge in [0.2, 0.25) is 5.91 Å². The molecule has 1 aliphatic carbocycles. The lowest BCUT2D eigenvalue weighted by Crippen LogP contribution is -2.49. The summed E-state index contributed by atoms with van der Waals surface area (Å²) in [6.45, 7) is 7.34. The van der Waals surface area contributed by atoms with Gasteiger partial charge in [0.15, 0.2) is 0 Å². The molecule has 0 aromatic carbocycles. The fraction of sp³-hybridized carbons (Fsp3) is 0.727. The number of aromatic nitrogens is 1. The summed E-state index contributed by atoms with van der Waals surface area (Å²) in [5, 5.41) is 13.6. The molecule has 3 heterocycles. The van der Waals surface area contributed by atoms with Gasteiger partial charge in [0.05, 0.1) is 11.6 Å². The first-order valence-corrected chi connectivity index (χ1v) is 10.8. The molecule has 0 unspecified atom stereocenters. The summed E-state index contributed by atoms with van der Waals surface area (Å²) >= 11 is 0. The smallest absolute Gasteiger partial charge is 0.229 e. The van der Waals surface area contributed by atoms with Crippen molar-refractivity contribution in [2.45, 2.75) is 71.0 Å². The number of hydrogen-bond acceptors (Lipinski definition) is 5.